The molecule has 2 aromatic heterocycles. The van der Waals surface area contributed by atoms with E-state index in [1.165, 1.54) is 18.3 Å². The Bertz CT molecular complexity index is 1510. The van der Waals surface area contributed by atoms with Crippen LogP contribution in [0.1, 0.15) is 43.1 Å². The van der Waals surface area contributed by atoms with E-state index in [1.54, 1.807) is 29.1 Å². The van der Waals surface area contributed by atoms with Crippen LogP contribution in [0.3, 0.4) is 0 Å². The third-order valence-electron chi connectivity index (χ3n) is 5.93. The van der Waals surface area contributed by atoms with E-state index in [4.69, 9.17) is 11.6 Å². The minimum atomic E-state index is -1.58. The summed E-state index contributed by atoms with van der Waals surface area (Å²) in [6.07, 6.45) is 6.11. The molecule has 0 unspecified atom stereocenters. The van der Waals surface area contributed by atoms with Crippen LogP contribution in [0.5, 0.6) is 0 Å². The van der Waals surface area contributed by atoms with Gasteiger partial charge in [0.05, 0.1) is 49.5 Å². The lowest BCUT2D eigenvalue weighted by molar-refractivity contribution is 0.610. The number of halogens is 2. The summed E-state index contributed by atoms with van der Waals surface area (Å²) >= 11 is 6.67. The van der Waals surface area contributed by atoms with E-state index in [0.29, 0.717) is 50.2 Å². The molecule has 1 saturated carbocycles. The van der Waals surface area contributed by atoms with Crippen LogP contribution in [-0.2, 0) is 0 Å². The Hall–Kier alpha value is -3.48. The zero-order chi connectivity index (χ0) is 26.4. The van der Waals surface area contributed by atoms with Gasteiger partial charge in [0, 0.05) is 23.4 Å². The SMILES string of the molecule is [2H][C@](Nc1cc(Cl)c2ncc(C#N)c(NC[Si](C)(C)C)c2c1)(c1ccc(F)cc1)c1cn(C2CC2)nn1. The van der Waals surface area contributed by atoms with Gasteiger partial charge in [-0.05, 0) is 42.7 Å². The highest BCUT2D eigenvalue weighted by atomic mass is 35.5. The first-order chi connectivity index (χ1) is 17.6. The predicted molar refractivity (Wildman–Crippen MR) is 143 cm³/mol. The molecular formula is C26H27ClFN7Si. The Balaban J connectivity index is 1.62. The number of aromatic nitrogens is 4. The molecule has 1 fully saturated rings. The van der Waals surface area contributed by atoms with Gasteiger partial charge in [0.15, 0.2) is 0 Å². The molecule has 36 heavy (non-hydrogen) atoms. The first-order valence-corrected chi connectivity index (χ1v) is 15.9. The third-order valence-corrected chi connectivity index (χ3v) is 7.46. The van der Waals surface area contributed by atoms with Crippen LogP contribution in [0.25, 0.3) is 10.9 Å². The molecule has 7 nitrogen and oxygen atoms in total. The number of rotatable bonds is 8. The summed E-state index contributed by atoms with van der Waals surface area (Å²) in [5.74, 6) is -0.394. The van der Waals surface area contributed by atoms with E-state index in [9.17, 15) is 11.0 Å². The van der Waals surface area contributed by atoms with Crippen molar-refractivity contribution in [2.45, 2.75) is 44.5 Å². The fourth-order valence-electron chi connectivity index (χ4n) is 3.91. The van der Waals surface area contributed by atoms with Gasteiger partial charge < -0.3 is 10.6 Å². The first-order valence-electron chi connectivity index (χ1n) is 12.3. The highest BCUT2D eigenvalue weighted by Gasteiger charge is 2.27. The zero-order valence-corrected chi connectivity index (χ0v) is 22.1. The average molecular weight is 521 g/mol. The lowest BCUT2D eigenvalue weighted by atomic mass is 10.0. The molecule has 0 spiro atoms. The smallest absolute Gasteiger partial charge is 0.123 e. The fourth-order valence-corrected chi connectivity index (χ4v) is 4.89. The van der Waals surface area contributed by atoms with Crippen molar-refractivity contribution in [3.63, 3.8) is 0 Å². The first kappa shape index (κ1) is 22.9. The van der Waals surface area contributed by atoms with Gasteiger partial charge in [0.2, 0.25) is 0 Å². The van der Waals surface area contributed by atoms with Crippen LogP contribution < -0.4 is 10.6 Å². The minimum Gasteiger partial charge on any atom is -0.386 e. The summed E-state index contributed by atoms with van der Waals surface area (Å²) in [6.45, 7) is 6.71. The molecule has 5 rings (SSSR count). The van der Waals surface area contributed by atoms with Crippen molar-refractivity contribution in [3.8, 4) is 6.07 Å². The van der Waals surface area contributed by atoms with Crippen molar-refractivity contribution in [2.24, 2.45) is 0 Å². The molecule has 10 heteroatoms. The van der Waals surface area contributed by atoms with Gasteiger partial charge in [-0.25, -0.2) is 9.07 Å². The number of hydrogen-bond acceptors (Lipinski definition) is 6. The normalized spacial score (nSPS) is 15.7. The fraction of sp³-hybridized carbons (Fsp3) is 0.308. The molecular weight excluding hydrogens is 493 g/mol. The maximum Gasteiger partial charge on any atom is 0.123 e. The van der Waals surface area contributed by atoms with E-state index in [-0.39, 0.29) is 0 Å². The second-order valence-corrected chi connectivity index (χ2v) is 16.1. The summed E-state index contributed by atoms with van der Waals surface area (Å²) in [4.78, 5) is 4.42. The summed E-state index contributed by atoms with van der Waals surface area (Å²) in [6, 6.07) is 10.2. The van der Waals surface area contributed by atoms with E-state index >= 15 is 0 Å². The summed E-state index contributed by atoms with van der Waals surface area (Å²) in [5.41, 5.74) is 3.05. The largest absolute Gasteiger partial charge is 0.386 e. The van der Waals surface area contributed by atoms with Crippen LogP contribution in [-0.4, -0.2) is 34.2 Å². The van der Waals surface area contributed by atoms with Crippen LogP contribution in [0, 0.1) is 17.1 Å². The molecule has 1 aliphatic rings. The van der Waals surface area contributed by atoms with Crippen LogP contribution in [0.2, 0.25) is 24.7 Å². The molecule has 0 aliphatic heterocycles. The lowest BCUT2D eigenvalue weighted by Crippen LogP contribution is -2.31. The van der Waals surface area contributed by atoms with Crippen molar-refractivity contribution in [1.82, 2.24) is 20.0 Å². The molecule has 184 valence electrons. The number of nitriles is 1. The number of fused-ring (bicyclic) bond motifs is 1. The number of anilines is 2. The Morgan fingerprint density at radius 1 is 1.28 bits per heavy atom. The van der Waals surface area contributed by atoms with Gasteiger partial charge in [-0.2, -0.15) is 5.26 Å². The number of hydrogen-bond donors (Lipinski definition) is 2. The van der Waals surface area contributed by atoms with Crippen LogP contribution >= 0.6 is 11.6 Å². The molecule has 0 saturated heterocycles. The van der Waals surface area contributed by atoms with Crippen molar-refractivity contribution in [1.29, 1.82) is 5.26 Å². The summed E-state index contributed by atoms with van der Waals surface area (Å²) < 4.78 is 25.0. The number of nitrogens with one attached hydrogen (secondary N) is 2. The minimum absolute atomic E-state index is 0.296. The highest BCUT2D eigenvalue weighted by Crippen LogP contribution is 2.37. The molecule has 0 radical (unpaired) electrons. The van der Waals surface area contributed by atoms with Gasteiger partial charge in [-0.15, -0.1) is 5.10 Å². The monoisotopic (exact) mass is 520 g/mol. The summed E-state index contributed by atoms with van der Waals surface area (Å²) in [5, 5.41) is 26.1. The topological polar surface area (TPSA) is 91.5 Å². The highest BCUT2D eigenvalue weighted by molar-refractivity contribution is 6.76. The van der Waals surface area contributed by atoms with Crippen molar-refractivity contribution >= 4 is 42.0 Å². The Morgan fingerprint density at radius 2 is 2.03 bits per heavy atom. The average Bonchev–Trinajstić information content (AvgIpc) is 3.58. The molecule has 2 aromatic carbocycles. The molecule has 0 amide bonds. The second kappa shape index (κ2) is 9.52. The van der Waals surface area contributed by atoms with Crippen LogP contribution in [0.15, 0.2) is 48.8 Å². The van der Waals surface area contributed by atoms with E-state index in [2.05, 4.69) is 51.6 Å². The quantitative estimate of drug-likeness (QED) is 0.264. The van der Waals surface area contributed by atoms with E-state index in [0.717, 1.165) is 19.0 Å². The van der Waals surface area contributed by atoms with Gasteiger partial charge in [-0.1, -0.05) is 48.6 Å². The van der Waals surface area contributed by atoms with Crippen molar-refractivity contribution in [3.05, 3.63) is 76.5 Å². The number of nitrogens with zero attached hydrogens (tertiary/aromatic N) is 5. The van der Waals surface area contributed by atoms with Crippen LogP contribution in [0.4, 0.5) is 15.8 Å². The molecule has 1 aliphatic carbocycles. The molecule has 0 bridgehead atoms. The molecule has 4 aromatic rings. The molecule has 2 heterocycles. The van der Waals surface area contributed by atoms with Gasteiger partial charge in [-0.3, -0.25) is 4.98 Å². The Morgan fingerprint density at radius 3 is 2.69 bits per heavy atom. The number of benzene rings is 2. The lowest BCUT2D eigenvalue weighted by Gasteiger charge is -2.21. The predicted octanol–water partition coefficient (Wildman–Crippen LogP) is 6.32. The summed E-state index contributed by atoms with van der Waals surface area (Å²) in [7, 11) is -1.49. The Labute approximate surface area is 216 Å². The van der Waals surface area contributed by atoms with Gasteiger partial charge in [0.1, 0.15) is 17.6 Å². The van der Waals surface area contributed by atoms with Gasteiger partial charge in [0.25, 0.3) is 0 Å². The molecule has 2 N–H and O–H groups in total. The van der Waals surface area contributed by atoms with Crippen molar-refractivity contribution < 1.29 is 5.76 Å². The Kier molecular flexibility index (Phi) is 6.07. The standard InChI is InChI=1S/C26H27ClFN7Si/c1-36(2,3)15-31-24-17(12-29)13-30-26-21(24)10-19(11-22(26)27)32-25(16-4-6-18(28)7-5-16)23-14-35(34-33-23)20-8-9-20/h4-7,10-11,13-14,20,25,32H,8-9,15H2,1-3H3,(H,30,31)/t25-/m0/s1/i25D. The molecule has 1 atom stereocenters. The third kappa shape index (κ3) is 5.20. The second-order valence-electron chi connectivity index (χ2n) is 10.2. The maximum atomic E-state index is 13.8. The van der Waals surface area contributed by atoms with E-state index < -0.39 is 19.9 Å². The number of pyridine rings is 1. The van der Waals surface area contributed by atoms with Crippen molar-refractivity contribution in [2.75, 3.05) is 16.8 Å². The maximum absolute atomic E-state index is 13.8. The van der Waals surface area contributed by atoms with E-state index in [1.807, 2.05) is 6.07 Å². The van der Waals surface area contributed by atoms with Gasteiger partial charge >= 0.3 is 0 Å². The zero-order valence-electron chi connectivity index (χ0n) is 21.3.